The summed E-state index contributed by atoms with van der Waals surface area (Å²) in [6, 6.07) is 25.0. The fraction of sp³-hybridized carbons (Fsp3) is 0. The third-order valence-corrected chi connectivity index (χ3v) is 6.26. The first-order valence-corrected chi connectivity index (χ1v) is 10.7. The molecule has 6 heteroatoms. The van der Waals surface area contributed by atoms with E-state index in [1.54, 1.807) is 18.2 Å². The summed E-state index contributed by atoms with van der Waals surface area (Å²) in [6.45, 7) is 0. The molecule has 0 aliphatic heterocycles. The van der Waals surface area contributed by atoms with E-state index in [-0.39, 0.29) is 4.90 Å². The van der Waals surface area contributed by atoms with Crippen molar-refractivity contribution in [3.05, 3.63) is 95.0 Å². The summed E-state index contributed by atoms with van der Waals surface area (Å²) in [5.74, 6) is 0. The number of benzene rings is 4. The van der Waals surface area contributed by atoms with Crippen molar-refractivity contribution in [1.82, 2.24) is 0 Å². The minimum atomic E-state index is -3.79. The maximum absolute atomic E-state index is 12.9. The largest absolute Gasteiger partial charge is 0.279 e. The summed E-state index contributed by atoms with van der Waals surface area (Å²) >= 11 is 12.0. The van der Waals surface area contributed by atoms with Crippen molar-refractivity contribution < 1.29 is 8.42 Å². The number of rotatable bonds is 4. The van der Waals surface area contributed by atoms with Gasteiger partial charge in [0, 0.05) is 15.4 Å². The minimum Gasteiger partial charge on any atom is -0.279 e. The van der Waals surface area contributed by atoms with Gasteiger partial charge in [-0.15, -0.1) is 0 Å². The van der Waals surface area contributed by atoms with Crippen LogP contribution in [0.25, 0.3) is 21.9 Å². The normalized spacial score (nSPS) is 11.5. The Hall–Kier alpha value is -2.53. The second kappa shape index (κ2) is 7.47. The van der Waals surface area contributed by atoms with E-state index in [4.69, 9.17) is 23.2 Å². The first-order chi connectivity index (χ1) is 13.4. The van der Waals surface area contributed by atoms with Crippen LogP contribution in [0.3, 0.4) is 0 Å². The Morgan fingerprint density at radius 1 is 0.714 bits per heavy atom. The zero-order valence-electron chi connectivity index (χ0n) is 14.6. The molecule has 3 nitrogen and oxygen atoms in total. The van der Waals surface area contributed by atoms with Gasteiger partial charge in [0.1, 0.15) is 0 Å². The predicted molar refractivity (Wildman–Crippen MR) is 117 cm³/mol. The Morgan fingerprint density at radius 2 is 1.39 bits per heavy atom. The molecule has 0 heterocycles. The van der Waals surface area contributed by atoms with E-state index in [2.05, 4.69) is 4.72 Å². The molecule has 0 radical (unpaired) electrons. The van der Waals surface area contributed by atoms with E-state index in [9.17, 15) is 8.42 Å². The minimum absolute atomic E-state index is 0.112. The van der Waals surface area contributed by atoms with E-state index in [1.165, 1.54) is 12.1 Å². The average Bonchev–Trinajstić information content (AvgIpc) is 2.68. The van der Waals surface area contributed by atoms with Crippen molar-refractivity contribution >= 4 is 49.7 Å². The molecule has 0 saturated carbocycles. The van der Waals surface area contributed by atoms with Crippen LogP contribution in [0.4, 0.5) is 5.69 Å². The van der Waals surface area contributed by atoms with Gasteiger partial charge in [-0.05, 0) is 52.9 Å². The molecule has 0 aliphatic carbocycles. The molecule has 4 aromatic rings. The fourth-order valence-electron chi connectivity index (χ4n) is 3.13. The first-order valence-electron chi connectivity index (χ1n) is 8.50. The molecule has 28 heavy (non-hydrogen) atoms. The number of hydrogen-bond donors (Lipinski definition) is 1. The summed E-state index contributed by atoms with van der Waals surface area (Å²) in [5, 5.41) is 2.75. The van der Waals surface area contributed by atoms with Gasteiger partial charge >= 0.3 is 0 Å². The summed E-state index contributed by atoms with van der Waals surface area (Å²) in [7, 11) is -3.79. The molecule has 0 amide bonds. The number of anilines is 1. The summed E-state index contributed by atoms with van der Waals surface area (Å²) < 4.78 is 28.5. The first kappa shape index (κ1) is 18.8. The average molecular weight is 428 g/mol. The maximum atomic E-state index is 12.9. The molecule has 0 aromatic heterocycles. The zero-order chi connectivity index (χ0) is 19.7. The molecule has 0 bridgehead atoms. The smallest absolute Gasteiger partial charge is 0.261 e. The Bertz CT molecular complexity index is 1260. The van der Waals surface area contributed by atoms with Crippen molar-refractivity contribution in [3.63, 3.8) is 0 Å². The lowest BCUT2D eigenvalue weighted by atomic mass is 9.97. The lowest BCUT2D eigenvalue weighted by molar-refractivity contribution is 0.601. The number of halogens is 2. The summed E-state index contributed by atoms with van der Waals surface area (Å²) in [6.07, 6.45) is 0. The summed E-state index contributed by atoms with van der Waals surface area (Å²) in [5.41, 5.74) is 2.37. The Kier molecular flexibility index (Phi) is 5.02. The molecule has 0 aliphatic rings. The van der Waals surface area contributed by atoms with Crippen molar-refractivity contribution in [2.24, 2.45) is 0 Å². The van der Waals surface area contributed by atoms with Crippen molar-refractivity contribution in [2.75, 3.05) is 4.72 Å². The highest BCUT2D eigenvalue weighted by atomic mass is 35.5. The van der Waals surface area contributed by atoms with Crippen molar-refractivity contribution in [1.29, 1.82) is 0 Å². The SMILES string of the molecule is O=S(=O)(Nc1cccc2cccc(-c3ccc(Cl)cc3)c12)c1cccc(Cl)c1. The Morgan fingerprint density at radius 3 is 2.11 bits per heavy atom. The molecule has 0 unspecified atom stereocenters. The third-order valence-electron chi connectivity index (χ3n) is 4.41. The molecule has 0 saturated heterocycles. The van der Waals surface area contributed by atoms with E-state index in [1.807, 2.05) is 54.6 Å². The van der Waals surface area contributed by atoms with Gasteiger partial charge in [0.15, 0.2) is 0 Å². The molecule has 0 spiro atoms. The van der Waals surface area contributed by atoms with Crippen LogP contribution in [0, 0.1) is 0 Å². The lowest BCUT2D eigenvalue weighted by Gasteiger charge is -2.14. The van der Waals surface area contributed by atoms with Gasteiger partial charge in [-0.25, -0.2) is 8.42 Å². The third kappa shape index (κ3) is 3.72. The highest BCUT2D eigenvalue weighted by Crippen LogP contribution is 2.35. The van der Waals surface area contributed by atoms with Crippen molar-refractivity contribution in [2.45, 2.75) is 4.90 Å². The second-order valence-corrected chi connectivity index (χ2v) is 8.83. The van der Waals surface area contributed by atoms with E-state index in [0.717, 1.165) is 21.9 Å². The molecular weight excluding hydrogens is 413 g/mol. The van der Waals surface area contributed by atoms with Crippen LogP contribution >= 0.6 is 23.2 Å². The molecule has 0 fully saturated rings. The second-order valence-electron chi connectivity index (χ2n) is 6.28. The number of sulfonamides is 1. The van der Waals surface area contributed by atoms with E-state index in [0.29, 0.717) is 15.7 Å². The van der Waals surface area contributed by atoms with Crippen LogP contribution in [-0.2, 0) is 10.0 Å². The van der Waals surface area contributed by atoms with Crippen molar-refractivity contribution in [3.8, 4) is 11.1 Å². The molecule has 0 atom stereocenters. The highest BCUT2D eigenvalue weighted by Gasteiger charge is 2.17. The van der Waals surface area contributed by atoms with Gasteiger partial charge in [0.05, 0.1) is 10.6 Å². The number of fused-ring (bicyclic) bond motifs is 1. The lowest BCUT2D eigenvalue weighted by Crippen LogP contribution is -2.13. The molecule has 140 valence electrons. The molecule has 1 N–H and O–H groups in total. The zero-order valence-corrected chi connectivity index (χ0v) is 16.9. The van der Waals surface area contributed by atoms with Gasteiger partial charge in [0.25, 0.3) is 10.0 Å². The number of hydrogen-bond acceptors (Lipinski definition) is 2. The van der Waals surface area contributed by atoms with Gasteiger partial charge < -0.3 is 0 Å². The Balaban J connectivity index is 1.87. The topological polar surface area (TPSA) is 46.2 Å². The van der Waals surface area contributed by atoms with Gasteiger partial charge in [-0.3, -0.25) is 4.72 Å². The van der Waals surface area contributed by atoms with Crippen LogP contribution in [-0.4, -0.2) is 8.42 Å². The molecular formula is C22H15Cl2NO2S. The fourth-order valence-corrected chi connectivity index (χ4v) is 4.63. The van der Waals surface area contributed by atoms with E-state index >= 15 is 0 Å². The van der Waals surface area contributed by atoms with Crippen LogP contribution in [0.15, 0.2) is 89.8 Å². The van der Waals surface area contributed by atoms with Crippen LogP contribution in [0.5, 0.6) is 0 Å². The predicted octanol–water partition coefficient (Wildman–Crippen LogP) is 6.61. The van der Waals surface area contributed by atoms with Crippen LogP contribution in [0.2, 0.25) is 10.0 Å². The molecule has 4 rings (SSSR count). The van der Waals surface area contributed by atoms with Crippen LogP contribution in [0.1, 0.15) is 0 Å². The monoisotopic (exact) mass is 427 g/mol. The standard InChI is InChI=1S/C22H15Cl2NO2S/c23-17-12-10-15(11-13-17)20-8-1-4-16-5-2-9-21(22(16)20)25-28(26,27)19-7-3-6-18(24)14-19/h1-14,25H. The number of nitrogens with one attached hydrogen (secondary N) is 1. The van der Waals surface area contributed by atoms with Gasteiger partial charge in [0.2, 0.25) is 0 Å². The molecule has 4 aromatic carbocycles. The Labute approximate surface area is 173 Å². The summed E-state index contributed by atoms with van der Waals surface area (Å²) in [4.78, 5) is 0.112. The van der Waals surface area contributed by atoms with Gasteiger partial charge in [-0.2, -0.15) is 0 Å². The van der Waals surface area contributed by atoms with Gasteiger partial charge in [-0.1, -0.05) is 71.7 Å². The van der Waals surface area contributed by atoms with E-state index < -0.39 is 10.0 Å². The highest BCUT2D eigenvalue weighted by molar-refractivity contribution is 7.92. The maximum Gasteiger partial charge on any atom is 0.261 e. The quantitative estimate of drug-likeness (QED) is 0.397. The van der Waals surface area contributed by atoms with Crippen LogP contribution < -0.4 is 4.72 Å².